The number of aliphatic carboxylic acids is 1. The van der Waals surface area contributed by atoms with Gasteiger partial charge in [-0.1, -0.05) is 0 Å². The highest BCUT2D eigenvalue weighted by Crippen LogP contribution is 2.39. The van der Waals surface area contributed by atoms with Gasteiger partial charge in [-0.2, -0.15) is 0 Å². The number of carbonyl (C=O) groups is 1. The number of nitrogens with zero attached hydrogens (tertiary/aromatic N) is 1. The van der Waals surface area contributed by atoms with Crippen molar-refractivity contribution < 1.29 is 45.7 Å². The summed E-state index contributed by atoms with van der Waals surface area (Å²) >= 11 is 0. The molecule has 1 aromatic carbocycles. The van der Waals surface area contributed by atoms with Crippen molar-refractivity contribution in [1.82, 2.24) is 0 Å². The van der Waals surface area contributed by atoms with Gasteiger partial charge >= 0.3 is 18.7 Å². The summed E-state index contributed by atoms with van der Waals surface area (Å²) in [5, 5.41) is 8.92. The van der Waals surface area contributed by atoms with Crippen LogP contribution in [0.3, 0.4) is 0 Å². The summed E-state index contributed by atoms with van der Waals surface area (Å²) in [4.78, 5) is 12.5. The fraction of sp³-hybridized carbons (Fsp3) is 0.500. The molecule has 11 heteroatoms. The van der Waals surface area contributed by atoms with Crippen molar-refractivity contribution in [2.24, 2.45) is 5.92 Å². The van der Waals surface area contributed by atoms with Gasteiger partial charge in [0.1, 0.15) is 0 Å². The summed E-state index contributed by atoms with van der Waals surface area (Å²) in [5.74, 6) is -3.76. The first-order chi connectivity index (χ1) is 11.4. The molecule has 0 aromatic heterocycles. The van der Waals surface area contributed by atoms with Crippen molar-refractivity contribution in [2.45, 2.75) is 25.6 Å². The maximum atomic E-state index is 12.4. The first-order valence-corrected chi connectivity index (χ1v) is 7.08. The number of hydrogen-bond donors (Lipinski definition) is 1. The molecule has 1 aliphatic rings. The van der Waals surface area contributed by atoms with Crippen LogP contribution in [0.15, 0.2) is 18.2 Å². The van der Waals surface area contributed by atoms with Crippen LogP contribution in [0.5, 0.6) is 11.5 Å². The summed E-state index contributed by atoms with van der Waals surface area (Å²) < 4.78 is 81.4. The van der Waals surface area contributed by atoms with Gasteiger partial charge in [0.2, 0.25) is 0 Å². The first-order valence-electron chi connectivity index (χ1n) is 7.08. The maximum Gasteiger partial charge on any atom is 0.573 e. The molecule has 1 saturated heterocycles. The van der Waals surface area contributed by atoms with Crippen LogP contribution in [0.4, 0.5) is 32.0 Å². The van der Waals surface area contributed by atoms with Crippen LogP contribution in [0, 0.1) is 5.92 Å². The number of alkyl halides is 6. The normalized spacial score (nSPS) is 16.6. The SMILES string of the molecule is O=C(O)C1CCN(c2ccc(OC(F)(F)F)c(OC(F)(F)F)c2)CC1. The quantitative estimate of drug-likeness (QED) is 0.814. The molecule has 0 bridgehead atoms. The average Bonchev–Trinajstić information content (AvgIpc) is 2.46. The fourth-order valence-corrected chi connectivity index (χ4v) is 2.49. The molecule has 5 nitrogen and oxygen atoms in total. The summed E-state index contributed by atoms with van der Waals surface area (Å²) in [6, 6.07) is 2.67. The van der Waals surface area contributed by atoms with Gasteiger partial charge in [-0.05, 0) is 25.0 Å². The standard InChI is InChI=1S/C14H13F6NO4/c15-13(16,17)24-10-2-1-9(7-11(10)25-14(18,19)20)21-5-3-8(4-6-21)12(22)23/h1-2,7-8H,3-6H2,(H,22,23). The Labute approximate surface area is 137 Å². The Bertz CT molecular complexity index is 623. The van der Waals surface area contributed by atoms with E-state index in [4.69, 9.17) is 5.11 Å². The van der Waals surface area contributed by atoms with Gasteiger partial charge in [-0.25, -0.2) is 0 Å². The van der Waals surface area contributed by atoms with Crippen molar-refractivity contribution in [1.29, 1.82) is 0 Å². The molecule has 0 radical (unpaired) electrons. The number of ether oxygens (including phenoxy) is 2. The van der Waals surface area contributed by atoms with E-state index in [1.54, 1.807) is 4.90 Å². The van der Waals surface area contributed by atoms with Crippen molar-refractivity contribution in [3.05, 3.63) is 18.2 Å². The third-order valence-corrected chi connectivity index (χ3v) is 3.59. The second-order valence-corrected chi connectivity index (χ2v) is 5.33. The number of halogens is 6. The molecule has 140 valence electrons. The highest BCUT2D eigenvalue weighted by atomic mass is 19.4. The van der Waals surface area contributed by atoms with Crippen LogP contribution in [-0.2, 0) is 4.79 Å². The van der Waals surface area contributed by atoms with Crippen molar-refractivity contribution in [3.63, 3.8) is 0 Å². The van der Waals surface area contributed by atoms with Gasteiger partial charge in [0.15, 0.2) is 11.5 Å². The summed E-state index contributed by atoms with van der Waals surface area (Å²) in [7, 11) is 0. The number of hydrogen-bond acceptors (Lipinski definition) is 4. The van der Waals surface area contributed by atoms with Gasteiger partial charge in [-0.3, -0.25) is 4.79 Å². The average molecular weight is 373 g/mol. The van der Waals surface area contributed by atoms with E-state index in [0.717, 1.165) is 18.2 Å². The minimum absolute atomic E-state index is 0.178. The van der Waals surface area contributed by atoms with E-state index in [2.05, 4.69) is 9.47 Å². The van der Waals surface area contributed by atoms with E-state index in [9.17, 15) is 31.1 Å². The molecule has 0 spiro atoms. The maximum absolute atomic E-state index is 12.4. The zero-order chi connectivity index (χ0) is 18.8. The van der Waals surface area contributed by atoms with Gasteiger partial charge < -0.3 is 19.5 Å². The van der Waals surface area contributed by atoms with E-state index >= 15 is 0 Å². The molecule has 0 atom stereocenters. The van der Waals surface area contributed by atoms with Crippen LogP contribution in [0.1, 0.15) is 12.8 Å². The summed E-state index contributed by atoms with van der Waals surface area (Å²) in [5.41, 5.74) is 0.178. The van der Waals surface area contributed by atoms with Crippen LogP contribution in [0.25, 0.3) is 0 Å². The smallest absolute Gasteiger partial charge is 0.481 e. The number of carboxylic acids is 1. The Morgan fingerprint density at radius 3 is 2.00 bits per heavy atom. The van der Waals surface area contributed by atoms with Gasteiger partial charge in [0.25, 0.3) is 0 Å². The lowest BCUT2D eigenvalue weighted by Gasteiger charge is -2.32. The van der Waals surface area contributed by atoms with Gasteiger partial charge in [0, 0.05) is 24.8 Å². The number of benzene rings is 1. The molecule has 1 fully saturated rings. The molecule has 0 amide bonds. The zero-order valence-electron chi connectivity index (χ0n) is 12.5. The molecule has 2 rings (SSSR count). The molecule has 1 N–H and O–H groups in total. The number of rotatable bonds is 4. The molecular weight excluding hydrogens is 360 g/mol. The third kappa shape index (κ3) is 5.61. The minimum Gasteiger partial charge on any atom is -0.481 e. The van der Waals surface area contributed by atoms with Crippen LogP contribution in [0.2, 0.25) is 0 Å². The van der Waals surface area contributed by atoms with Crippen LogP contribution < -0.4 is 14.4 Å². The first kappa shape index (κ1) is 19.0. The Balaban J connectivity index is 2.23. The number of carboxylic acid groups (broad SMARTS) is 1. The number of piperidine rings is 1. The lowest BCUT2D eigenvalue weighted by atomic mass is 9.97. The fourth-order valence-electron chi connectivity index (χ4n) is 2.49. The molecule has 0 saturated carbocycles. The highest BCUT2D eigenvalue weighted by Gasteiger charge is 2.37. The second kappa shape index (κ2) is 6.89. The van der Waals surface area contributed by atoms with Crippen molar-refractivity contribution in [3.8, 4) is 11.5 Å². The zero-order valence-corrected chi connectivity index (χ0v) is 12.5. The predicted octanol–water partition coefficient (Wildman–Crippen LogP) is 3.78. The topological polar surface area (TPSA) is 59.0 Å². The van der Waals surface area contributed by atoms with E-state index in [1.165, 1.54) is 0 Å². The van der Waals surface area contributed by atoms with E-state index in [0.29, 0.717) is 0 Å². The largest absolute Gasteiger partial charge is 0.573 e. The number of anilines is 1. The molecule has 1 aromatic rings. The van der Waals surface area contributed by atoms with Crippen LogP contribution >= 0.6 is 0 Å². The second-order valence-electron chi connectivity index (χ2n) is 5.33. The predicted molar refractivity (Wildman–Crippen MR) is 72.4 cm³/mol. The molecule has 0 aliphatic carbocycles. The molecule has 1 aliphatic heterocycles. The molecule has 25 heavy (non-hydrogen) atoms. The molecule has 1 heterocycles. The van der Waals surface area contributed by atoms with Crippen LogP contribution in [-0.4, -0.2) is 36.9 Å². The Morgan fingerprint density at radius 2 is 1.52 bits per heavy atom. The minimum atomic E-state index is -5.20. The Morgan fingerprint density at radius 1 is 1.00 bits per heavy atom. The van der Waals surface area contributed by atoms with Gasteiger partial charge in [-0.15, -0.1) is 26.3 Å². The lowest BCUT2D eigenvalue weighted by Crippen LogP contribution is -2.36. The summed E-state index contributed by atoms with van der Waals surface area (Å²) in [6.45, 7) is 0.476. The van der Waals surface area contributed by atoms with Crippen molar-refractivity contribution >= 4 is 11.7 Å². The highest BCUT2D eigenvalue weighted by molar-refractivity contribution is 5.70. The monoisotopic (exact) mass is 373 g/mol. The molecular formula is C14H13F6NO4. The lowest BCUT2D eigenvalue weighted by molar-refractivity contribution is -0.287. The Hall–Kier alpha value is -2.33. The summed E-state index contributed by atoms with van der Waals surface area (Å²) in [6.07, 6.45) is -9.83. The van der Waals surface area contributed by atoms with E-state index < -0.39 is 36.1 Å². The third-order valence-electron chi connectivity index (χ3n) is 3.59. The van der Waals surface area contributed by atoms with Crippen molar-refractivity contribution in [2.75, 3.05) is 18.0 Å². The van der Waals surface area contributed by atoms with E-state index in [-0.39, 0.29) is 31.6 Å². The molecule has 0 unspecified atom stereocenters. The van der Waals surface area contributed by atoms with Gasteiger partial charge in [0.05, 0.1) is 5.92 Å². The van der Waals surface area contributed by atoms with E-state index in [1.807, 2.05) is 0 Å². The Kier molecular flexibility index (Phi) is 5.23.